The number of nitrogens with zero attached hydrogens (tertiary/aromatic N) is 1. The summed E-state index contributed by atoms with van der Waals surface area (Å²) in [6.45, 7) is 2.20. The van der Waals surface area contributed by atoms with Crippen molar-refractivity contribution >= 4 is 40.6 Å². The van der Waals surface area contributed by atoms with Crippen molar-refractivity contribution in [2.24, 2.45) is 0 Å². The maximum atomic E-state index is 12.4. The number of nitrogens with one attached hydrogen (secondary N) is 2. The Labute approximate surface area is 163 Å². The molecule has 2 amide bonds. The first-order valence-electron chi connectivity index (χ1n) is 9.40. The van der Waals surface area contributed by atoms with E-state index in [0.29, 0.717) is 0 Å². The molecule has 2 N–H and O–H groups in total. The van der Waals surface area contributed by atoms with Crippen LogP contribution in [0.4, 0.5) is 17.1 Å². The number of para-hydroxylation sites is 1. The summed E-state index contributed by atoms with van der Waals surface area (Å²) in [5.41, 5.74) is 2.78. The number of fused-ring (bicyclic) bond motifs is 1. The van der Waals surface area contributed by atoms with Crippen LogP contribution < -0.4 is 15.5 Å². The summed E-state index contributed by atoms with van der Waals surface area (Å²) in [5.74, 6) is -0.262. The summed E-state index contributed by atoms with van der Waals surface area (Å²) in [4.78, 5) is 28.0. The fourth-order valence-electron chi connectivity index (χ4n) is 3.52. The van der Waals surface area contributed by atoms with Gasteiger partial charge in [-0.05, 0) is 55.7 Å². The minimum Gasteiger partial charge on any atom is -0.372 e. The first-order chi connectivity index (χ1) is 13.2. The average molecular weight is 382 g/mol. The molecule has 2 heterocycles. The summed E-state index contributed by atoms with van der Waals surface area (Å²) in [6, 6.07) is 15.6. The molecular weight excluding hydrogens is 358 g/mol. The Kier molecular flexibility index (Phi) is 5.34. The number of rotatable bonds is 4. The molecule has 1 saturated heterocycles. The molecule has 0 spiro atoms. The van der Waals surface area contributed by atoms with Gasteiger partial charge in [0.25, 0.3) is 0 Å². The van der Waals surface area contributed by atoms with Crippen molar-refractivity contribution in [2.75, 3.05) is 28.6 Å². The van der Waals surface area contributed by atoms with Crippen molar-refractivity contribution in [1.82, 2.24) is 0 Å². The molecule has 2 aromatic rings. The third-order valence-corrected chi connectivity index (χ3v) is 6.22. The maximum Gasteiger partial charge on any atom is 0.238 e. The first kappa shape index (κ1) is 17.9. The molecule has 5 nitrogen and oxygen atoms in total. The zero-order valence-corrected chi connectivity index (χ0v) is 15.9. The van der Waals surface area contributed by atoms with E-state index in [1.54, 1.807) is 0 Å². The predicted octanol–water partition coefficient (Wildman–Crippen LogP) is 4.12. The lowest BCUT2D eigenvalue weighted by molar-refractivity contribution is -0.120. The van der Waals surface area contributed by atoms with E-state index in [-0.39, 0.29) is 18.2 Å². The minimum atomic E-state index is -0.410. The second-order valence-corrected chi connectivity index (χ2v) is 8.18. The van der Waals surface area contributed by atoms with Gasteiger partial charge in [0.1, 0.15) is 0 Å². The van der Waals surface area contributed by atoms with E-state index in [1.165, 1.54) is 36.7 Å². The zero-order chi connectivity index (χ0) is 18.6. The van der Waals surface area contributed by atoms with E-state index in [9.17, 15) is 9.59 Å². The molecule has 6 heteroatoms. The topological polar surface area (TPSA) is 61.4 Å². The first-order valence-corrected chi connectivity index (χ1v) is 10.3. The lowest BCUT2D eigenvalue weighted by Gasteiger charge is -2.28. The van der Waals surface area contributed by atoms with Gasteiger partial charge in [-0.2, -0.15) is 0 Å². The lowest BCUT2D eigenvalue weighted by atomic mass is 10.1. The van der Waals surface area contributed by atoms with Gasteiger partial charge in [-0.15, -0.1) is 11.8 Å². The second-order valence-electron chi connectivity index (χ2n) is 6.94. The van der Waals surface area contributed by atoms with Crippen LogP contribution in [0, 0.1) is 0 Å². The van der Waals surface area contributed by atoms with Crippen molar-refractivity contribution in [3.8, 4) is 0 Å². The molecule has 1 atom stereocenters. The molecule has 2 aromatic carbocycles. The third-order valence-electron chi connectivity index (χ3n) is 4.95. The van der Waals surface area contributed by atoms with Crippen LogP contribution >= 0.6 is 11.8 Å². The van der Waals surface area contributed by atoms with Gasteiger partial charge in [-0.25, -0.2) is 0 Å². The summed E-state index contributed by atoms with van der Waals surface area (Å²) in [5, 5.41) is 5.38. The highest BCUT2D eigenvalue weighted by Gasteiger charge is 2.28. The van der Waals surface area contributed by atoms with E-state index in [4.69, 9.17) is 0 Å². The molecule has 0 aliphatic carbocycles. The second kappa shape index (κ2) is 8.05. The lowest BCUT2D eigenvalue weighted by Crippen LogP contribution is -2.32. The smallest absolute Gasteiger partial charge is 0.238 e. The van der Waals surface area contributed by atoms with Crippen LogP contribution in [0.25, 0.3) is 0 Å². The summed E-state index contributed by atoms with van der Waals surface area (Å²) in [7, 11) is 0. The maximum absolute atomic E-state index is 12.4. The molecule has 0 bridgehead atoms. The third kappa shape index (κ3) is 4.27. The van der Waals surface area contributed by atoms with Crippen LogP contribution in [0.15, 0.2) is 53.4 Å². The van der Waals surface area contributed by atoms with Crippen molar-refractivity contribution in [3.05, 3.63) is 48.5 Å². The van der Waals surface area contributed by atoms with Crippen molar-refractivity contribution in [3.63, 3.8) is 0 Å². The molecule has 2 aliphatic rings. The van der Waals surface area contributed by atoms with Crippen LogP contribution in [-0.2, 0) is 9.59 Å². The number of thioether (sulfide) groups is 1. The van der Waals surface area contributed by atoms with Gasteiger partial charge in [0, 0.05) is 35.8 Å². The van der Waals surface area contributed by atoms with Crippen LogP contribution in [0.5, 0.6) is 0 Å². The monoisotopic (exact) mass is 381 g/mol. The SMILES string of the molecule is O=C(CC1Sc2ccccc2NC1=O)Nc1ccc(N2CCCCC2)cc1. The molecule has 1 fully saturated rings. The van der Waals surface area contributed by atoms with Crippen molar-refractivity contribution in [1.29, 1.82) is 0 Å². The highest BCUT2D eigenvalue weighted by atomic mass is 32.2. The fourth-order valence-corrected chi connectivity index (χ4v) is 4.63. The van der Waals surface area contributed by atoms with E-state index in [0.717, 1.165) is 29.4 Å². The predicted molar refractivity (Wildman–Crippen MR) is 110 cm³/mol. The Morgan fingerprint density at radius 3 is 2.59 bits per heavy atom. The molecule has 2 aliphatic heterocycles. The number of hydrogen-bond donors (Lipinski definition) is 2. The normalized spacial score (nSPS) is 19.2. The highest BCUT2D eigenvalue weighted by Crippen LogP contribution is 2.36. The molecule has 140 valence electrons. The van der Waals surface area contributed by atoms with Crippen LogP contribution in [0.3, 0.4) is 0 Å². The Morgan fingerprint density at radius 1 is 1.07 bits per heavy atom. The molecule has 0 radical (unpaired) electrons. The zero-order valence-electron chi connectivity index (χ0n) is 15.1. The Balaban J connectivity index is 1.35. The molecule has 0 aromatic heterocycles. The van der Waals surface area contributed by atoms with Gasteiger partial charge in [-0.3, -0.25) is 9.59 Å². The quantitative estimate of drug-likeness (QED) is 0.836. The molecule has 1 unspecified atom stereocenters. The Bertz CT molecular complexity index is 832. The number of carbonyl (C=O) groups is 2. The number of hydrogen-bond acceptors (Lipinski definition) is 4. The average Bonchev–Trinajstić information content (AvgIpc) is 2.70. The van der Waals surface area contributed by atoms with Crippen LogP contribution in [-0.4, -0.2) is 30.2 Å². The van der Waals surface area contributed by atoms with E-state index in [2.05, 4.69) is 27.7 Å². The Hall–Kier alpha value is -2.47. The summed E-state index contributed by atoms with van der Waals surface area (Å²) < 4.78 is 0. The molecule has 4 rings (SSSR count). The van der Waals surface area contributed by atoms with Gasteiger partial charge >= 0.3 is 0 Å². The standard InChI is InChI=1S/C21H23N3O2S/c25-20(14-19-21(26)23-17-6-2-3-7-18(17)27-19)22-15-8-10-16(11-9-15)24-12-4-1-5-13-24/h2-3,6-11,19H,1,4-5,12-14H2,(H,22,25)(H,23,26). The van der Waals surface area contributed by atoms with Crippen LogP contribution in [0.1, 0.15) is 25.7 Å². The fraction of sp³-hybridized carbons (Fsp3) is 0.333. The van der Waals surface area contributed by atoms with Crippen molar-refractivity contribution < 1.29 is 9.59 Å². The van der Waals surface area contributed by atoms with Gasteiger partial charge in [0.05, 0.1) is 10.9 Å². The highest BCUT2D eigenvalue weighted by molar-refractivity contribution is 8.01. The number of anilines is 3. The summed E-state index contributed by atoms with van der Waals surface area (Å²) >= 11 is 1.45. The van der Waals surface area contributed by atoms with Crippen molar-refractivity contribution in [2.45, 2.75) is 35.8 Å². The van der Waals surface area contributed by atoms with Gasteiger partial charge < -0.3 is 15.5 Å². The van der Waals surface area contributed by atoms with Gasteiger partial charge in [0.15, 0.2) is 0 Å². The number of carbonyl (C=O) groups excluding carboxylic acids is 2. The van der Waals surface area contributed by atoms with E-state index < -0.39 is 5.25 Å². The van der Waals surface area contributed by atoms with E-state index >= 15 is 0 Å². The van der Waals surface area contributed by atoms with E-state index in [1.807, 2.05) is 36.4 Å². The molecule has 0 saturated carbocycles. The number of piperidine rings is 1. The number of benzene rings is 2. The van der Waals surface area contributed by atoms with Gasteiger partial charge in [-0.1, -0.05) is 12.1 Å². The summed E-state index contributed by atoms with van der Waals surface area (Å²) in [6.07, 6.45) is 3.94. The Morgan fingerprint density at radius 2 is 1.81 bits per heavy atom. The van der Waals surface area contributed by atoms with Crippen LogP contribution in [0.2, 0.25) is 0 Å². The molecule has 27 heavy (non-hydrogen) atoms. The number of amides is 2. The minimum absolute atomic E-state index is 0.116. The molecular formula is C21H23N3O2S. The van der Waals surface area contributed by atoms with Gasteiger partial charge in [0.2, 0.25) is 11.8 Å². The largest absolute Gasteiger partial charge is 0.372 e.